The lowest BCUT2D eigenvalue weighted by Crippen LogP contribution is -2.37. The van der Waals surface area contributed by atoms with Crippen LogP contribution < -0.4 is 5.32 Å². The maximum atomic E-state index is 12.8. The van der Waals surface area contributed by atoms with Crippen LogP contribution in [0.3, 0.4) is 0 Å². The first-order valence-corrected chi connectivity index (χ1v) is 8.66. The van der Waals surface area contributed by atoms with Gasteiger partial charge < -0.3 is 14.6 Å². The number of para-hydroxylation sites is 1. The van der Waals surface area contributed by atoms with Gasteiger partial charge in [0.05, 0.1) is 17.7 Å². The van der Waals surface area contributed by atoms with E-state index in [0.29, 0.717) is 16.3 Å². The summed E-state index contributed by atoms with van der Waals surface area (Å²) in [6, 6.07) is 16.4. The number of hydrogen-bond acceptors (Lipinski definition) is 4. The molecule has 0 saturated heterocycles. The molecule has 5 nitrogen and oxygen atoms in total. The molecule has 0 atom stereocenters. The van der Waals surface area contributed by atoms with E-state index < -0.39 is 0 Å². The molecule has 3 rings (SSSR count). The Labute approximate surface area is 149 Å². The number of benzene rings is 1. The quantitative estimate of drug-likeness (QED) is 0.729. The molecule has 2 heterocycles. The number of hydrogen-bond donors (Lipinski definition) is 1. The van der Waals surface area contributed by atoms with E-state index in [1.807, 2.05) is 31.2 Å². The Balaban J connectivity index is 1.73. The van der Waals surface area contributed by atoms with Crippen molar-refractivity contribution in [2.24, 2.45) is 0 Å². The fourth-order valence-electron chi connectivity index (χ4n) is 2.39. The Morgan fingerprint density at radius 3 is 2.52 bits per heavy atom. The highest BCUT2D eigenvalue weighted by molar-refractivity contribution is 7.13. The number of thiophene rings is 1. The Morgan fingerprint density at radius 2 is 1.88 bits per heavy atom. The summed E-state index contributed by atoms with van der Waals surface area (Å²) >= 11 is 1.41. The van der Waals surface area contributed by atoms with Crippen LogP contribution in [0.15, 0.2) is 65.3 Å². The summed E-state index contributed by atoms with van der Waals surface area (Å²) in [7, 11) is 0. The molecule has 0 aliphatic rings. The van der Waals surface area contributed by atoms with Gasteiger partial charge in [-0.1, -0.05) is 18.2 Å². The van der Waals surface area contributed by atoms with E-state index >= 15 is 0 Å². The van der Waals surface area contributed by atoms with Crippen molar-refractivity contribution >= 4 is 28.8 Å². The molecule has 3 aromatic rings. The molecule has 25 heavy (non-hydrogen) atoms. The molecular formula is C19H18N2O3S. The second kappa shape index (κ2) is 7.81. The molecule has 1 N–H and O–H groups in total. The summed E-state index contributed by atoms with van der Waals surface area (Å²) in [5.74, 6) is 0.200. The first-order chi connectivity index (χ1) is 12.1. The van der Waals surface area contributed by atoms with E-state index in [-0.39, 0.29) is 24.9 Å². The van der Waals surface area contributed by atoms with Gasteiger partial charge in [0.25, 0.3) is 5.91 Å². The molecule has 0 unspecified atom stereocenters. The van der Waals surface area contributed by atoms with Gasteiger partial charge in [0.1, 0.15) is 12.3 Å². The number of anilines is 1. The Kier molecular flexibility index (Phi) is 5.30. The normalized spacial score (nSPS) is 10.4. The highest BCUT2D eigenvalue weighted by atomic mass is 32.1. The van der Waals surface area contributed by atoms with Crippen molar-refractivity contribution in [3.8, 4) is 0 Å². The Hall–Kier alpha value is -2.86. The lowest BCUT2D eigenvalue weighted by Gasteiger charge is -2.20. The zero-order valence-electron chi connectivity index (χ0n) is 13.8. The van der Waals surface area contributed by atoms with Crippen molar-refractivity contribution in [2.75, 3.05) is 11.9 Å². The van der Waals surface area contributed by atoms with Crippen molar-refractivity contribution in [3.05, 3.63) is 76.4 Å². The molecule has 0 spiro atoms. The molecular weight excluding hydrogens is 336 g/mol. The Morgan fingerprint density at radius 1 is 1.08 bits per heavy atom. The maximum absolute atomic E-state index is 12.8. The van der Waals surface area contributed by atoms with Crippen LogP contribution in [0.5, 0.6) is 0 Å². The maximum Gasteiger partial charge on any atom is 0.264 e. The number of furan rings is 1. The van der Waals surface area contributed by atoms with E-state index in [9.17, 15) is 9.59 Å². The van der Waals surface area contributed by atoms with Crippen LogP contribution in [0.2, 0.25) is 0 Å². The lowest BCUT2D eigenvalue weighted by atomic mass is 10.3. The average Bonchev–Trinajstić information content (AvgIpc) is 3.26. The van der Waals surface area contributed by atoms with Gasteiger partial charge in [-0.05, 0) is 43.3 Å². The Bertz CT molecular complexity index is 841. The van der Waals surface area contributed by atoms with E-state index in [1.54, 1.807) is 36.6 Å². The summed E-state index contributed by atoms with van der Waals surface area (Å²) in [6.45, 7) is 2.14. The van der Waals surface area contributed by atoms with Crippen LogP contribution in [0.4, 0.5) is 5.69 Å². The third kappa shape index (κ3) is 4.58. The SMILES string of the molecule is Cc1ccc(C(=O)N(CC(=O)Nc2ccccc2)Cc2ccco2)s1. The fourth-order valence-corrected chi connectivity index (χ4v) is 3.23. The highest BCUT2D eigenvalue weighted by Gasteiger charge is 2.21. The van der Waals surface area contributed by atoms with Gasteiger partial charge in [-0.15, -0.1) is 11.3 Å². The van der Waals surface area contributed by atoms with Crippen molar-refractivity contribution in [1.82, 2.24) is 4.90 Å². The number of carbonyl (C=O) groups is 2. The van der Waals surface area contributed by atoms with E-state index in [2.05, 4.69) is 5.32 Å². The van der Waals surface area contributed by atoms with Gasteiger partial charge in [0.15, 0.2) is 0 Å². The van der Waals surface area contributed by atoms with Gasteiger partial charge >= 0.3 is 0 Å². The number of carbonyl (C=O) groups excluding carboxylic acids is 2. The smallest absolute Gasteiger partial charge is 0.264 e. The summed E-state index contributed by atoms with van der Waals surface area (Å²) in [5, 5.41) is 2.80. The van der Waals surface area contributed by atoms with Crippen LogP contribution in [0, 0.1) is 6.92 Å². The van der Waals surface area contributed by atoms with Crippen molar-refractivity contribution in [1.29, 1.82) is 0 Å². The molecule has 0 aliphatic carbocycles. The third-order valence-corrected chi connectivity index (χ3v) is 4.55. The molecule has 128 valence electrons. The van der Waals surface area contributed by atoms with Gasteiger partial charge in [-0.3, -0.25) is 9.59 Å². The largest absolute Gasteiger partial charge is 0.467 e. The van der Waals surface area contributed by atoms with Crippen molar-refractivity contribution < 1.29 is 14.0 Å². The molecule has 2 amide bonds. The summed E-state index contributed by atoms with van der Waals surface area (Å²) in [5.41, 5.74) is 0.699. The summed E-state index contributed by atoms with van der Waals surface area (Å²) in [6.07, 6.45) is 1.55. The van der Waals surface area contributed by atoms with Gasteiger partial charge in [-0.25, -0.2) is 0 Å². The first kappa shape index (κ1) is 17.0. The predicted octanol–water partition coefficient (Wildman–Crippen LogP) is 3.93. The number of rotatable bonds is 6. The predicted molar refractivity (Wildman–Crippen MR) is 97.6 cm³/mol. The topological polar surface area (TPSA) is 62.6 Å². The molecule has 0 saturated carbocycles. The summed E-state index contributed by atoms with van der Waals surface area (Å²) in [4.78, 5) is 28.3. The van der Waals surface area contributed by atoms with E-state index in [0.717, 1.165) is 4.88 Å². The average molecular weight is 354 g/mol. The minimum Gasteiger partial charge on any atom is -0.467 e. The summed E-state index contributed by atoms with van der Waals surface area (Å²) < 4.78 is 5.33. The molecule has 2 aromatic heterocycles. The van der Waals surface area contributed by atoms with Crippen LogP contribution in [-0.4, -0.2) is 23.3 Å². The van der Waals surface area contributed by atoms with Crippen LogP contribution in [0.1, 0.15) is 20.3 Å². The third-order valence-electron chi connectivity index (χ3n) is 3.56. The van der Waals surface area contributed by atoms with Crippen molar-refractivity contribution in [2.45, 2.75) is 13.5 Å². The van der Waals surface area contributed by atoms with E-state index in [1.165, 1.54) is 16.2 Å². The standard InChI is InChI=1S/C19H18N2O3S/c1-14-9-10-17(25-14)19(23)21(12-16-8-5-11-24-16)13-18(22)20-15-6-3-2-4-7-15/h2-11H,12-13H2,1H3,(H,20,22). The first-order valence-electron chi connectivity index (χ1n) is 7.85. The van der Waals surface area contributed by atoms with E-state index in [4.69, 9.17) is 4.42 Å². The van der Waals surface area contributed by atoms with Crippen LogP contribution in [-0.2, 0) is 11.3 Å². The molecule has 0 radical (unpaired) electrons. The molecule has 6 heteroatoms. The van der Waals surface area contributed by atoms with Gasteiger partial charge in [0, 0.05) is 10.6 Å². The zero-order chi connectivity index (χ0) is 17.6. The number of amides is 2. The van der Waals surface area contributed by atoms with Crippen molar-refractivity contribution in [3.63, 3.8) is 0 Å². The number of aryl methyl sites for hydroxylation is 1. The van der Waals surface area contributed by atoms with Gasteiger partial charge in [0.2, 0.25) is 5.91 Å². The molecule has 0 bridgehead atoms. The minimum absolute atomic E-state index is 0.0502. The molecule has 0 fully saturated rings. The second-order valence-corrected chi connectivity index (χ2v) is 6.85. The molecule has 1 aromatic carbocycles. The second-order valence-electron chi connectivity index (χ2n) is 5.57. The minimum atomic E-state index is -0.251. The van der Waals surface area contributed by atoms with Crippen LogP contribution >= 0.6 is 11.3 Å². The number of nitrogens with zero attached hydrogens (tertiary/aromatic N) is 1. The highest BCUT2D eigenvalue weighted by Crippen LogP contribution is 2.19. The lowest BCUT2D eigenvalue weighted by molar-refractivity contribution is -0.117. The van der Waals surface area contributed by atoms with Crippen LogP contribution in [0.25, 0.3) is 0 Å². The monoisotopic (exact) mass is 354 g/mol. The molecule has 0 aliphatic heterocycles. The van der Waals surface area contributed by atoms with Gasteiger partial charge in [-0.2, -0.15) is 0 Å². The number of nitrogens with one attached hydrogen (secondary N) is 1. The fraction of sp³-hybridized carbons (Fsp3) is 0.158. The zero-order valence-corrected chi connectivity index (χ0v) is 14.6.